The zero-order valence-corrected chi connectivity index (χ0v) is 14.3. The first-order valence-corrected chi connectivity index (χ1v) is 8.32. The summed E-state index contributed by atoms with van der Waals surface area (Å²) < 4.78 is 1.11. The zero-order valence-electron chi connectivity index (χ0n) is 12.7. The van der Waals surface area contributed by atoms with Crippen molar-refractivity contribution in [2.45, 2.75) is 31.8 Å². The smallest absolute Gasteiger partial charge is 0.233 e. The molecule has 21 heavy (non-hydrogen) atoms. The van der Waals surface area contributed by atoms with Gasteiger partial charge in [-0.25, -0.2) is 0 Å². The highest BCUT2D eigenvalue weighted by Crippen LogP contribution is 2.19. The molecule has 1 unspecified atom stereocenters. The predicted octanol–water partition coefficient (Wildman–Crippen LogP) is 2.31. The number of amides is 1. The van der Waals surface area contributed by atoms with Crippen LogP contribution in [0.4, 0.5) is 0 Å². The predicted molar refractivity (Wildman–Crippen MR) is 89.2 cm³/mol. The molecule has 1 amide bonds. The highest BCUT2D eigenvalue weighted by Gasteiger charge is 2.21. The van der Waals surface area contributed by atoms with Crippen LogP contribution in [0.3, 0.4) is 0 Å². The van der Waals surface area contributed by atoms with Crippen LogP contribution in [-0.4, -0.2) is 43.5 Å². The lowest BCUT2D eigenvalue weighted by Crippen LogP contribution is -2.46. The van der Waals surface area contributed by atoms with Gasteiger partial charge in [-0.1, -0.05) is 28.1 Å². The Kier molecular flexibility index (Phi) is 6.21. The number of likely N-dealkylation sites (N-methyl/N-ethyl adjacent to an activating group) is 1. The topological polar surface area (TPSA) is 44.4 Å². The Balaban J connectivity index is 1.77. The van der Waals surface area contributed by atoms with Crippen LogP contribution in [0.25, 0.3) is 0 Å². The molecule has 4 nitrogen and oxygen atoms in total. The molecular weight excluding hydrogens is 330 g/mol. The molecule has 0 spiro atoms. The van der Waals surface area contributed by atoms with Crippen LogP contribution in [0.15, 0.2) is 28.7 Å². The second-order valence-electron chi connectivity index (χ2n) is 5.66. The monoisotopic (exact) mass is 353 g/mol. The fourth-order valence-electron chi connectivity index (χ4n) is 2.74. The normalized spacial score (nSPS) is 18.4. The Morgan fingerprint density at radius 2 is 1.95 bits per heavy atom. The van der Waals surface area contributed by atoms with E-state index in [9.17, 15) is 4.79 Å². The summed E-state index contributed by atoms with van der Waals surface area (Å²) in [4.78, 5) is 13.6. The summed E-state index contributed by atoms with van der Waals surface area (Å²) >= 11 is 3.47. The molecule has 1 aliphatic heterocycles. The lowest BCUT2D eigenvalue weighted by Gasteiger charge is -2.33. The molecular formula is C16H24BrN3O. The van der Waals surface area contributed by atoms with Gasteiger partial charge in [0.2, 0.25) is 5.91 Å². The molecule has 2 rings (SSSR count). The second-order valence-corrected chi connectivity index (χ2v) is 6.58. The minimum absolute atomic E-state index is 0.102. The highest BCUT2D eigenvalue weighted by molar-refractivity contribution is 9.10. The molecule has 0 saturated carbocycles. The molecule has 1 atom stereocenters. The standard InChI is InChI=1S/C16H24BrN3O/c1-12(13-3-5-14(17)6-4-13)19-15-7-9-20(10-8-15)11-16(21)18-2/h3-6,12,15,19H,7-11H2,1-2H3,(H,18,21). The molecule has 0 bridgehead atoms. The summed E-state index contributed by atoms with van der Waals surface area (Å²) in [5.74, 6) is 0.102. The van der Waals surface area contributed by atoms with Gasteiger partial charge in [0, 0.05) is 36.7 Å². The van der Waals surface area contributed by atoms with Crippen molar-refractivity contribution in [1.82, 2.24) is 15.5 Å². The van der Waals surface area contributed by atoms with Crippen molar-refractivity contribution in [3.8, 4) is 0 Å². The molecule has 1 aliphatic rings. The highest BCUT2D eigenvalue weighted by atomic mass is 79.9. The minimum Gasteiger partial charge on any atom is -0.358 e. The first kappa shape index (κ1) is 16.5. The Bertz CT molecular complexity index is 455. The summed E-state index contributed by atoms with van der Waals surface area (Å²) in [7, 11) is 1.69. The Labute approximate surface area is 135 Å². The average Bonchev–Trinajstić information content (AvgIpc) is 2.49. The number of likely N-dealkylation sites (tertiary alicyclic amines) is 1. The Hall–Kier alpha value is -0.910. The number of carbonyl (C=O) groups is 1. The van der Waals surface area contributed by atoms with Gasteiger partial charge in [0.05, 0.1) is 6.54 Å². The number of benzene rings is 1. The summed E-state index contributed by atoms with van der Waals surface area (Å²) in [5, 5.41) is 6.38. The Morgan fingerprint density at radius 1 is 1.33 bits per heavy atom. The quantitative estimate of drug-likeness (QED) is 0.853. The third-order valence-electron chi connectivity index (χ3n) is 4.09. The number of nitrogens with one attached hydrogen (secondary N) is 2. The molecule has 0 radical (unpaired) electrons. The fraction of sp³-hybridized carbons (Fsp3) is 0.562. The van der Waals surface area contributed by atoms with Crippen LogP contribution in [0.2, 0.25) is 0 Å². The van der Waals surface area contributed by atoms with Crippen LogP contribution in [0.5, 0.6) is 0 Å². The number of carbonyl (C=O) groups excluding carboxylic acids is 1. The number of rotatable bonds is 5. The average molecular weight is 354 g/mol. The Morgan fingerprint density at radius 3 is 2.52 bits per heavy atom. The molecule has 1 aromatic rings. The number of hydrogen-bond acceptors (Lipinski definition) is 3. The van der Waals surface area contributed by atoms with E-state index in [0.717, 1.165) is 30.4 Å². The summed E-state index contributed by atoms with van der Waals surface area (Å²) in [6, 6.07) is 9.36. The summed E-state index contributed by atoms with van der Waals surface area (Å²) in [5.41, 5.74) is 1.31. The number of halogens is 1. The van der Waals surface area contributed by atoms with Crippen molar-refractivity contribution in [1.29, 1.82) is 0 Å². The van der Waals surface area contributed by atoms with Gasteiger partial charge in [0.25, 0.3) is 0 Å². The van der Waals surface area contributed by atoms with E-state index in [0.29, 0.717) is 18.6 Å². The van der Waals surface area contributed by atoms with Crippen molar-refractivity contribution in [2.75, 3.05) is 26.7 Å². The van der Waals surface area contributed by atoms with E-state index in [1.165, 1.54) is 5.56 Å². The van der Waals surface area contributed by atoms with Crippen molar-refractivity contribution < 1.29 is 4.79 Å². The molecule has 0 aromatic heterocycles. The molecule has 1 aromatic carbocycles. The maximum atomic E-state index is 11.4. The van der Waals surface area contributed by atoms with Crippen LogP contribution < -0.4 is 10.6 Å². The zero-order chi connectivity index (χ0) is 15.2. The van der Waals surface area contributed by atoms with Gasteiger partial charge in [0.15, 0.2) is 0 Å². The largest absolute Gasteiger partial charge is 0.358 e. The maximum Gasteiger partial charge on any atom is 0.233 e. The van der Waals surface area contributed by atoms with E-state index in [4.69, 9.17) is 0 Å². The summed E-state index contributed by atoms with van der Waals surface area (Å²) in [6.07, 6.45) is 2.19. The number of piperidine rings is 1. The van der Waals surface area contributed by atoms with E-state index < -0.39 is 0 Å². The molecule has 1 saturated heterocycles. The third kappa shape index (κ3) is 5.09. The van der Waals surface area contributed by atoms with Gasteiger partial charge in [-0.3, -0.25) is 9.69 Å². The van der Waals surface area contributed by atoms with Crippen molar-refractivity contribution in [2.24, 2.45) is 0 Å². The molecule has 116 valence electrons. The van der Waals surface area contributed by atoms with Gasteiger partial charge in [-0.15, -0.1) is 0 Å². The van der Waals surface area contributed by atoms with E-state index in [1.54, 1.807) is 7.05 Å². The van der Waals surface area contributed by atoms with E-state index in [-0.39, 0.29) is 5.91 Å². The number of nitrogens with zero attached hydrogens (tertiary/aromatic N) is 1. The molecule has 2 N–H and O–H groups in total. The fourth-order valence-corrected chi connectivity index (χ4v) is 3.01. The molecule has 5 heteroatoms. The van der Waals surface area contributed by atoms with E-state index in [2.05, 4.69) is 62.7 Å². The van der Waals surface area contributed by atoms with Gasteiger partial charge in [-0.2, -0.15) is 0 Å². The molecule has 1 heterocycles. The van der Waals surface area contributed by atoms with Gasteiger partial charge < -0.3 is 10.6 Å². The second kappa shape index (κ2) is 7.92. The number of hydrogen-bond donors (Lipinski definition) is 2. The minimum atomic E-state index is 0.102. The van der Waals surface area contributed by atoms with Crippen LogP contribution in [0.1, 0.15) is 31.4 Å². The van der Waals surface area contributed by atoms with Gasteiger partial charge >= 0.3 is 0 Å². The van der Waals surface area contributed by atoms with Crippen LogP contribution >= 0.6 is 15.9 Å². The summed E-state index contributed by atoms with van der Waals surface area (Å²) in [6.45, 7) is 4.70. The van der Waals surface area contributed by atoms with Crippen molar-refractivity contribution >= 4 is 21.8 Å². The lowest BCUT2D eigenvalue weighted by molar-refractivity contribution is -0.122. The van der Waals surface area contributed by atoms with Gasteiger partial charge in [0.1, 0.15) is 0 Å². The van der Waals surface area contributed by atoms with E-state index >= 15 is 0 Å². The van der Waals surface area contributed by atoms with Gasteiger partial charge in [-0.05, 0) is 37.5 Å². The van der Waals surface area contributed by atoms with E-state index in [1.807, 2.05) is 0 Å². The first-order valence-electron chi connectivity index (χ1n) is 7.53. The molecule has 1 fully saturated rings. The third-order valence-corrected chi connectivity index (χ3v) is 4.62. The SMILES string of the molecule is CNC(=O)CN1CCC(NC(C)c2ccc(Br)cc2)CC1. The van der Waals surface area contributed by atoms with Crippen molar-refractivity contribution in [3.63, 3.8) is 0 Å². The first-order chi connectivity index (χ1) is 10.1. The lowest BCUT2D eigenvalue weighted by atomic mass is 10.0. The maximum absolute atomic E-state index is 11.4. The van der Waals surface area contributed by atoms with Crippen LogP contribution in [0, 0.1) is 0 Å². The van der Waals surface area contributed by atoms with Crippen molar-refractivity contribution in [3.05, 3.63) is 34.3 Å². The molecule has 0 aliphatic carbocycles. The van der Waals surface area contributed by atoms with Crippen LogP contribution in [-0.2, 0) is 4.79 Å².